The van der Waals surface area contributed by atoms with E-state index in [9.17, 15) is 9.59 Å². The van der Waals surface area contributed by atoms with Crippen LogP contribution in [-0.4, -0.2) is 10.6 Å². The fourth-order valence-corrected chi connectivity index (χ4v) is 1.24. The lowest BCUT2D eigenvalue weighted by atomic mass is 10.3. The highest BCUT2D eigenvalue weighted by molar-refractivity contribution is 5.77. The summed E-state index contributed by atoms with van der Waals surface area (Å²) in [4.78, 5) is 24.6. The number of hydrogen-bond acceptors (Lipinski definition) is 4. The number of benzene rings is 1. The lowest BCUT2D eigenvalue weighted by Crippen LogP contribution is -2.08. The van der Waals surface area contributed by atoms with E-state index in [1.807, 2.05) is 0 Å². The van der Waals surface area contributed by atoms with Crippen molar-refractivity contribution in [3.05, 3.63) is 28.7 Å². The minimum atomic E-state index is -0.438. The molecule has 0 radical (unpaired) electrons. The van der Waals surface area contributed by atoms with Gasteiger partial charge in [0.25, 0.3) is 0 Å². The van der Waals surface area contributed by atoms with E-state index in [0.29, 0.717) is 16.8 Å². The van der Waals surface area contributed by atoms with Gasteiger partial charge in [-0.3, -0.25) is 4.57 Å². The Morgan fingerprint density at radius 1 is 1.50 bits per heavy atom. The van der Waals surface area contributed by atoms with Crippen molar-refractivity contribution in [1.82, 2.24) is 4.57 Å². The number of nitrogens with zero attached hydrogens (tertiary/aromatic N) is 2. The highest BCUT2D eigenvalue weighted by Gasteiger charge is 2.05. The molecule has 2 aromatic rings. The minimum absolute atomic E-state index is 0.438. The fraction of sp³-hybridized carbons (Fsp3) is 0.111. The van der Waals surface area contributed by atoms with E-state index in [0.717, 1.165) is 0 Å². The quantitative estimate of drug-likeness (QED) is 0.499. The molecule has 0 saturated carbocycles. The number of aryl methyl sites for hydroxylation is 1. The fourth-order valence-electron chi connectivity index (χ4n) is 1.24. The van der Waals surface area contributed by atoms with E-state index in [1.165, 1.54) is 10.6 Å². The van der Waals surface area contributed by atoms with Crippen LogP contribution in [0.5, 0.6) is 0 Å². The molecule has 5 heteroatoms. The summed E-state index contributed by atoms with van der Waals surface area (Å²) in [5.74, 6) is -0.438. The number of aromatic nitrogens is 1. The van der Waals surface area contributed by atoms with Gasteiger partial charge in [-0.1, -0.05) is 0 Å². The average Bonchev–Trinajstić information content (AvgIpc) is 2.45. The first-order valence-electron chi connectivity index (χ1n) is 3.90. The molecule has 0 saturated heterocycles. The first-order valence-corrected chi connectivity index (χ1v) is 3.90. The number of rotatable bonds is 1. The lowest BCUT2D eigenvalue weighted by Gasteiger charge is -1.92. The first-order chi connectivity index (χ1) is 6.72. The second-order valence-electron chi connectivity index (χ2n) is 2.78. The topological polar surface area (TPSA) is 64.6 Å². The van der Waals surface area contributed by atoms with Gasteiger partial charge in [-0.25, -0.2) is 9.59 Å². The highest BCUT2D eigenvalue weighted by Crippen LogP contribution is 2.19. The molecule has 0 unspecified atom stereocenters. The molecule has 1 aromatic heterocycles. The number of hydrogen-bond donors (Lipinski definition) is 0. The molecule has 0 amide bonds. The Morgan fingerprint density at radius 3 is 3.00 bits per heavy atom. The summed E-state index contributed by atoms with van der Waals surface area (Å²) < 4.78 is 6.25. The van der Waals surface area contributed by atoms with Crippen LogP contribution in [0.15, 0.2) is 32.4 Å². The zero-order valence-electron chi connectivity index (χ0n) is 7.35. The van der Waals surface area contributed by atoms with Crippen LogP contribution in [0.2, 0.25) is 0 Å². The number of fused-ring (bicyclic) bond motifs is 1. The lowest BCUT2D eigenvalue weighted by molar-refractivity contribution is 0.528. The second kappa shape index (κ2) is 2.97. The van der Waals surface area contributed by atoms with Gasteiger partial charge in [0.15, 0.2) is 5.58 Å². The third-order valence-corrected chi connectivity index (χ3v) is 1.95. The van der Waals surface area contributed by atoms with Crippen molar-refractivity contribution in [3.8, 4) is 0 Å². The molecule has 14 heavy (non-hydrogen) atoms. The van der Waals surface area contributed by atoms with Crippen molar-refractivity contribution in [2.75, 3.05) is 0 Å². The average molecular weight is 190 g/mol. The summed E-state index contributed by atoms with van der Waals surface area (Å²) in [7, 11) is 1.59. The van der Waals surface area contributed by atoms with Crippen LogP contribution in [0.3, 0.4) is 0 Å². The van der Waals surface area contributed by atoms with Crippen molar-refractivity contribution in [2.24, 2.45) is 12.0 Å². The molecule has 0 spiro atoms. The first kappa shape index (κ1) is 8.47. The highest BCUT2D eigenvalue weighted by atomic mass is 16.4. The molecular formula is C9H6N2O3. The summed E-state index contributed by atoms with van der Waals surface area (Å²) in [6.45, 7) is 0. The van der Waals surface area contributed by atoms with Crippen molar-refractivity contribution >= 4 is 22.9 Å². The van der Waals surface area contributed by atoms with Crippen molar-refractivity contribution in [3.63, 3.8) is 0 Å². The summed E-state index contributed by atoms with van der Waals surface area (Å²) in [5.41, 5.74) is 1.53. The molecule has 0 bridgehead atoms. The maximum Gasteiger partial charge on any atom is 0.419 e. The van der Waals surface area contributed by atoms with Gasteiger partial charge in [0.1, 0.15) is 0 Å². The Bertz CT molecular complexity index is 588. The molecule has 0 aliphatic carbocycles. The number of isocyanates is 1. The largest absolute Gasteiger partial charge is 0.419 e. The van der Waals surface area contributed by atoms with E-state index in [-0.39, 0.29) is 0 Å². The normalized spacial score (nSPS) is 10.1. The van der Waals surface area contributed by atoms with E-state index >= 15 is 0 Å². The molecule has 2 rings (SSSR count). The van der Waals surface area contributed by atoms with E-state index in [2.05, 4.69) is 4.99 Å². The molecule has 5 nitrogen and oxygen atoms in total. The molecule has 0 atom stereocenters. The van der Waals surface area contributed by atoms with E-state index in [4.69, 9.17) is 4.42 Å². The summed E-state index contributed by atoms with van der Waals surface area (Å²) in [5, 5.41) is 0. The Morgan fingerprint density at radius 2 is 2.29 bits per heavy atom. The summed E-state index contributed by atoms with van der Waals surface area (Å²) >= 11 is 0. The second-order valence-corrected chi connectivity index (χ2v) is 2.78. The summed E-state index contributed by atoms with van der Waals surface area (Å²) in [6, 6.07) is 4.76. The number of carbonyl (C=O) groups excluding carboxylic acids is 1. The van der Waals surface area contributed by atoms with Gasteiger partial charge in [-0.15, -0.1) is 0 Å². The van der Waals surface area contributed by atoms with Crippen LogP contribution in [0.4, 0.5) is 5.69 Å². The molecule has 0 N–H and O–H groups in total. The van der Waals surface area contributed by atoms with Crippen LogP contribution in [0.1, 0.15) is 0 Å². The monoisotopic (exact) mass is 190 g/mol. The van der Waals surface area contributed by atoms with Gasteiger partial charge in [-0.05, 0) is 18.2 Å². The van der Waals surface area contributed by atoms with Gasteiger partial charge in [-0.2, -0.15) is 4.99 Å². The molecule has 1 aromatic carbocycles. The predicted molar refractivity (Wildman–Crippen MR) is 49.2 cm³/mol. The molecule has 1 heterocycles. The Balaban J connectivity index is 2.81. The molecule has 0 aliphatic rings. The van der Waals surface area contributed by atoms with Crippen LogP contribution < -0.4 is 5.76 Å². The van der Waals surface area contributed by atoms with Gasteiger partial charge >= 0.3 is 5.76 Å². The predicted octanol–water partition coefficient (Wildman–Crippen LogP) is 1.10. The molecule has 0 fully saturated rings. The Labute approximate surface area is 78.3 Å². The van der Waals surface area contributed by atoms with E-state index in [1.54, 1.807) is 25.2 Å². The third-order valence-electron chi connectivity index (χ3n) is 1.95. The minimum Gasteiger partial charge on any atom is -0.408 e. The molecular weight excluding hydrogens is 184 g/mol. The van der Waals surface area contributed by atoms with Crippen molar-refractivity contribution in [1.29, 1.82) is 0 Å². The van der Waals surface area contributed by atoms with Crippen LogP contribution in [0.25, 0.3) is 11.1 Å². The van der Waals surface area contributed by atoms with Gasteiger partial charge in [0.2, 0.25) is 6.08 Å². The number of aliphatic imine (C=N–C) groups is 1. The number of oxazole rings is 1. The van der Waals surface area contributed by atoms with Crippen molar-refractivity contribution < 1.29 is 9.21 Å². The Hall–Kier alpha value is -2.13. The van der Waals surface area contributed by atoms with Crippen LogP contribution in [-0.2, 0) is 11.8 Å². The van der Waals surface area contributed by atoms with Gasteiger partial charge in [0.05, 0.1) is 11.2 Å². The smallest absolute Gasteiger partial charge is 0.408 e. The van der Waals surface area contributed by atoms with Crippen LogP contribution in [0, 0.1) is 0 Å². The SMILES string of the molecule is Cn1c(=O)oc2ccc(N=C=O)cc21. The maximum absolute atomic E-state index is 11.1. The van der Waals surface area contributed by atoms with Gasteiger partial charge < -0.3 is 4.42 Å². The maximum atomic E-state index is 11.1. The molecule has 0 aliphatic heterocycles. The third kappa shape index (κ3) is 1.16. The zero-order chi connectivity index (χ0) is 10.1. The summed E-state index contributed by atoms with van der Waals surface area (Å²) in [6.07, 6.45) is 1.43. The van der Waals surface area contributed by atoms with Gasteiger partial charge in [0, 0.05) is 7.05 Å². The zero-order valence-corrected chi connectivity index (χ0v) is 7.35. The Kier molecular flexibility index (Phi) is 1.80. The molecule has 70 valence electrons. The van der Waals surface area contributed by atoms with Crippen molar-refractivity contribution in [2.45, 2.75) is 0 Å². The van der Waals surface area contributed by atoms with Crippen LogP contribution >= 0.6 is 0 Å². The standard InChI is InChI=1S/C9H6N2O3/c1-11-7-4-6(10-5-12)2-3-8(7)14-9(11)13/h2-4H,1H3. The van der Waals surface area contributed by atoms with E-state index < -0.39 is 5.76 Å².